The van der Waals surface area contributed by atoms with Gasteiger partial charge in [-0.2, -0.15) is 0 Å². The third kappa shape index (κ3) is 5.00. The number of aromatic nitrogens is 5. The molecule has 0 unspecified atom stereocenters. The van der Waals surface area contributed by atoms with Gasteiger partial charge in [-0.3, -0.25) is 9.69 Å². The van der Waals surface area contributed by atoms with Crippen LogP contribution in [0.5, 0.6) is 5.75 Å². The van der Waals surface area contributed by atoms with Gasteiger partial charge in [0.1, 0.15) is 11.5 Å². The minimum absolute atomic E-state index is 0.0718. The average molecular weight is 477 g/mol. The largest absolute Gasteiger partial charge is 0.497 e. The Bertz CT molecular complexity index is 1310. The highest BCUT2D eigenvalue weighted by molar-refractivity contribution is 5.80. The summed E-state index contributed by atoms with van der Waals surface area (Å²) in [6.07, 6.45) is 8.34. The van der Waals surface area contributed by atoms with Crippen molar-refractivity contribution in [2.45, 2.75) is 70.6 Å². The van der Waals surface area contributed by atoms with Crippen molar-refractivity contribution in [3.8, 4) is 5.75 Å². The maximum absolute atomic E-state index is 13.1. The third-order valence-electron chi connectivity index (χ3n) is 7.01. The number of aromatic amines is 1. The summed E-state index contributed by atoms with van der Waals surface area (Å²) in [5.74, 6) is 2.44. The summed E-state index contributed by atoms with van der Waals surface area (Å²) in [4.78, 5) is 18.3. The van der Waals surface area contributed by atoms with Gasteiger partial charge in [-0.1, -0.05) is 26.2 Å². The van der Waals surface area contributed by atoms with E-state index in [1.807, 2.05) is 41.1 Å². The van der Waals surface area contributed by atoms with Crippen LogP contribution in [-0.4, -0.2) is 37.2 Å². The topological polar surface area (TPSA) is 102 Å². The molecule has 184 valence electrons. The van der Waals surface area contributed by atoms with Crippen LogP contribution in [0.2, 0.25) is 0 Å². The van der Waals surface area contributed by atoms with E-state index < -0.39 is 0 Å². The Balaban J connectivity index is 1.51. The molecule has 0 saturated heterocycles. The molecule has 1 aliphatic carbocycles. The molecule has 1 aromatic carbocycles. The number of hydrogen-bond acceptors (Lipinski definition) is 7. The number of tetrazole rings is 1. The number of pyridine rings is 1. The zero-order chi connectivity index (χ0) is 24.2. The Kier molecular flexibility index (Phi) is 6.94. The van der Waals surface area contributed by atoms with Gasteiger partial charge in [0.2, 0.25) is 0 Å². The maximum Gasteiger partial charge on any atom is 0.252 e. The summed E-state index contributed by atoms with van der Waals surface area (Å²) in [6, 6.07) is 11.7. The molecule has 3 heterocycles. The minimum atomic E-state index is -0.103. The van der Waals surface area contributed by atoms with Gasteiger partial charge >= 0.3 is 0 Å². The molecular weight excluding hydrogens is 444 g/mol. The molecule has 9 nitrogen and oxygen atoms in total. The fourth-order valence-electron chi connectivity index (χ4n) is 5.18. The maximum atomic E-state index is 13.1. The number of ether oxygens (including phenoxy) is 1. The normalized spacial score (nSPS) is 15.6. The summed E-state index contributed by atoms with van der Waals surface area (Å²) in [7, 11) is 1.64. The van der Waals surface area contributed by atoms with Crippen molar-refractivity contribution in [3.05, 3.63) is 70.2 Å². The lowest BCUT2D eigenvalue weighted by atomic mass is 9.95. The van der Waals surface area contributed by atoms with Crippen molar-refractivity contribution in [1.29, 1.82) is 0 Å². The molecule has 1 fully saturated rings. The summed E-state index contributed by atoms with van der Waals surface area (Å²) >= 11 is 0. The summed E-state index contributed by atoms with van der Waals surface area (Å²) in [5, 5.41) is 13.9. The zero-order valence-electron chi connectivity index (χ0n) is 20.3. The Labute approximate surface area is 204 Å². The number of benzene rings is 1. The van der Waals surface area contributed by atoms with E-state index in [9.17, 15) is 4.79 Å². The van der Waals surface area contributed by atoms with Crippen LogP contribution in [0.1, 0.15) is 74.7 Å². The van der Waals surface area contributed by atoms with E-state index in [2.05, 4.69) is 32.3 Å². The average Bonchev–Trinajstić information content (AvgIpc) is 3.58. The molecule has 0 aliphatic heterocycles. The lowest BCUT2D eigenvalue weighted by Crippen LogP contribution is -2.33. The number of furan rings is 1. The molecule has 4 aromatic rings. The standard InChI is InChI=1S/C26H32N6O3/c1-3-24(25-28-29-30-32(25)20-8-5-4-6-9-20)31(17-22-10-7-13-35-22)16-19-14-18-15-21(34-2)11-12-23(18)27-26(19)33/h7,10-15,20,24H,3-6,8-9,16-17H2,1-2H3,(H,27,33)/t24-/m1/s1. The SMILES string of the molecule is CC[C@H](c1nnnn1C1CCCCC1)N(Cc1ccco1)Cc1cc2cc(OC)ccc2[nH]c1=O. The molecule has 35 heavy (non-hydrogen) atoms. The van der Waals surface area contributed by atoms with Crippen LogP contribution < -0.4 is 10.3 Å². The molecule has 0 radical (unpaired) electrons. The smallest absolute Gasteiger partial charge is 0.252 e. The fourth-order valence-corrected chi connectivity index (χ4v) is 5.18. The van der Waals surface area contributed by atoms with Crippen LogP contribution in [0.3, 0.4) is 0 Å². The van der Waals surface area contributed by atoms with E-state index in [-0.39, 0.29) is 11.6 Å². The summed E-state index contributed by atoms with van der Waals surface area (Å²) in [5.41, 5.74) is 1.35. The molecule has 0 spiro atoms. The van der Waals surface area contributed by atoms with Crippen molar-refractivity contribution in [2.75, 3.05) is 7.11 Å². The molecule has 1 saturated carbocycles. The van der Waals surface area contributed by atoms with Gasteiger partial charge in [0.05, 0.1) is 32.0 Å². The first-order valence-corrected chi connectivity index (χ1v) is 12.4. The van der Waals surface area contributed by atoms with Crippen molar-refractivity contribution >= 4 is 10.9 Å². The van der Waals surface area contributed by atoms with Gasteiger partial charge in [-0.15, -0.1) is 5.10 Å². The molecule has 1 aliphatic rings. The van der Waals surface area contributed by atoms with Crippen molar-refractivity contribution in [2.24, 2.45) is 0 Å². The van der Waals surface area contributed by atoms with Crippen LogP contribution in [0.4, 0.5) is 0 Å². The minimum Gasteiger partial charge on any atom is -0.497 e. The highest BCUT2D eigenvalue weighted by atomic mass is 16.5. The Morgan fingerprint density at radius 3 is 2.80 bits per heavy atom. The first-order chi connectivity index (χ1) is 17.2. The Morgan fingerprint density at radius 2 is 2.06 bits per heavy atom. The number of hydrogen-bond donors (Lipinski definition) is 1. The predicted octanol–water partition coefficient (Wildman–Crippen LogP) is 4.77. The van der Waals surface area contributed by atoms with Gasteiger partial charge in [-0.05, 0) is 66.1 Å². The van der Waals surface area contributed by atoms with Gasteiger partial charge in [-0.25, -0.2) is 4.68 Å². The van der Waals surface area contributed by atoms with Crippen molar-refractivity contribution < 1.29 is 9.15 Å². The second-order valence-electron chi connectivity index (χ2n) is 9.26. The van der Waals surface area contributed by atoms with E-state index in [1.54, 1.807) is 13.4 Å². The van der Waals surface area contributed by atoms with Crippen LogP contribution in [-0.2, 0) is 13.1 Å². The van der Waals surface area contributed by atoms with E-state index in [4.69, 9.17) is 9.15 Å². The number of rotatable bonds is 9. The summed E-state index contributed by atoms with van der Waals surface area (Å²) < 4.78 is 13.1. The zero-order valence-corrected chi connectivity index (χ0v) is 20.3. The molecule has 3 aromatic heterocycles. The molecule has 0 amide bonds. The van der Waals surface area contributed by atoms with E-state index in [1.165, 1.54) is 19.3 Å². The van der Waals surface area contributed by atoms with Crippen LogP contribution in [0, 0.1) is 0 Å². The highest BCUT2D eigenvalue weighted by Gasteiger charge is 2.29. The van der Waals surface area contributed by atoms with Gasteiger partial charge in [0.15, 0.2) is 5.82 Å². The molecule has 0 bridgehead atoms. The van der Waals surface area contributed by atoms with Crippen molar-refractivity contribution in [3.63, 3.8) is 0 Å². The van der Waals surface area contributed by atoms with E-state index in [0.29, 0.717) is 24.7 Å². The van der Waals surface area contributed by atoms with Crippen molar-refractivity contribution in [1.82, 2.24) is 30.1 Å². The number of fused-ring (bicyclic) bond motifs is 1. The first kappa shape index (κ1) is 23.3. The van der Waals surface area contributed by atoms with Crippen LogP contribution in [0.15, 0.2) is 51.9 Å². The monoisotopic (exact) mass is 476 g/mol. The van der Waals surface area contributed by atoms with E-state index >= 15 is 0 Å². The Hall–Kier alpha value is -3.46. The summed E-state index contributed by atoms with van der Waals surface area (Å²) in [6.45, 7) is 3.10. The number of methoxy groups -OCH3 is 1. The quantitative estimate of drug-likeness (QED) is 0.371. The van der Waals surface area contributed by atoms with Gasteiger partial charge in [0.25, 0.3) is 5.56 Å². The number of H-pyrrole nitrogens is 1. The van der Waals surface area contributed by atoms with Crippen LogP contribution >= 0.6 is 0 Å². The number of nitrogens with one attached hydrogen (secondary N) is 1. The highest BCUT2D eigenvalue weighted by Crippen LogP contribution is 2.33. The van der Waals surface area contributed by atoms with E-state index in [0.717, 1.165) is 47.5 Å². The second-order valence-corrected chi connectivity index (χ2v) is 9.26. The van der Waals surface area contributed by atoms with Gasteiger partial charge < -0.3 is 14.1 Å². The van der Waals surface area contributed by atoms with Gasteiger partial charge in [0, 0.05) is 23.0 Å². The molecule has 5 rings (SSSR count). The molecule has 9 heteroatoms. The molecule has 1 atom stereocenters. The number of nitrogens with zero attached hydrogens (tertiary/aromatic N) is 5. The lowest BCUT2D eigenvalue weighted by Gasteiger charge is -2.31. The first-order valence-electron chi connectivity index (χ1n) is 12.4. The fraction of sp³-hybridized carbons (Fsp3) is 0.462. The predicted molar refractivity (Wildman–Crippen MR) is 132 cm³/mol. The van der Waals surface area contributed by atoms with Crippen LogP contribution in [0.25, 0.3) is 10.9 Å². The third-order valence-corrected chi connectivity index (χ3v) is 7.01. The second kappa shape index (κ2) is 10.4. The lowest BCUT2D eigenvalue weighted by molar-refractivity contribution is 0.144. The molecule has 1 N–H and O–H groups in total. The molecular formula is C26H32N6O3. The Morgan fingerprint density at radius 1 is 1.20 bits per heavy atom.